The second-order valence-corrected chi connectivity index (χ2v) is 4.61. The number of benzene rings is 1. The van der Waals surface area contributed by atoms with E-state index in [-0.39, 0.29) is 10.7 Å². The molecule has 1 N–H and O–H groups in total. The SMILES string of the molecule is COC(=O)c1cc(OC)ccc1NC(=O)c1ccc(Cl)nc1. The minimum Gasteiger partial charge on any atom is -0.497 e. The van der Waals surface area contributed by atoms with Crippen molar-refractivity contribution in [2.24, 2.45) is 0 Å². The first-order valence-electron chi connectivity index (χ1n) is 6.24. The highest BCUT2D eigenvalue weighted by Crippen LogP contribution is 2.23. The monoisotopic (exact) mass is 320 g/mol. The summed E-state index contributed by atoms with van der Waals surface area (Å²) in [5.41, 5.74) is 0.820. The summed E-state index contributed by atoms with van der Waals surface area (Å²) < 4.78 is 9.77. The lowest BCUT2D eigenvalue weighted by molar-refractivity contribution is 0.0601. The van der Waals surface area contributed by atoms with Crippen molar-refractivity contribution < 1.29 is 19.1 Å². The predicted octanol–water partition coefficient (Wildman–Crippen LogP) is 2.78. The van der Waals surface area contributed by atoms with E-state index in [2.05, 4.69) is 10.3 Å². The number of hydrogen-bond donors (Lipinski definition) is 1. The maximum absolute atomic E-state index is 12.2. The number of halogens is 1. The number of carbonyl (C=O) groups is 2. The molecule has 0 unspecified atom stereocenters. The summed E-state index contributed by atoms with van der Waals surface area (Å²) in [7, 11) is 2.74. The summed E-state index contributed by atoms with van der Waals surface area (Å²) in [5.74, 6) is -0.519. The molecule has 22 heavy (non-hydrogen) atoms. The van der Waals surface area contributed by atoms with Crippen LogP contribution >= 0.6 is 11.6 Å². The van der Waals surface area contributed by atoms with Gasteiger partial charge in [-0.15, -0.1) is 0 Å². The fraction of sp³-hybridized carbons (Fsp3) is 0.133. The molecular weight excluding hydrogens is 308 g/mol. The van der Waals surface area contributed by atoms with Gasteiger partial charge in [-0.1, -0.05) is 11.6 Å². The molecule has 0 atom stereocenters. The molecule has 0 aliphatic rings. The first-order valence-corrected chi connectivity index (χ1v) is 6.62. The van der Waals surface area contributed by atoms with Crippen molar-refractivity contribution in [2.75, 3.05) is 19.5 Å². The molecule has 0 fully saturated rings. The van der Waals surface area contributed by atoms with Crippen LogP contribution in [0.2, 0.25) is 5.15 Å². The van der Waals surface area contributed by atoms with Gasteiger partial charge in [-0.2, -0.15) is 0 Å². The maximum Gasteiger partial charge on any atom is 0.340 e. The molecule has 2 aromatic rings. The number of esters is 1. The Labute approximate surface area is 132 Å². The van der Waals surface area contributed by atoms with Crippen molar-refractivity contribution in [1.82, 2.24) is 4.98 Å². The Morgan fingerprint density at radius 1 is 1.18 bits per heavy atom. The quantitative estimate of drug-likeness (QED) is 0.692. The van der Waals surface area contributed by atoms with Gasteiger partial charge in [-0.25, -0.2) is 9.78 Å². The van der Waals surface area contributed by atoms with Gasteiger partial charge in [-0.3, -0.25) is 4.79 Å². The van der Waals surface area contributed by atoms with Crippen molar-refractivity contribution >= 4 is 29.2 Å². The highest BCUT2D eigenvalue weighted by atomic mass is 35.5. The smallest absolute Gasteiger partial charge is 0.340 e. The third kappa shape index (κ3) is 3.53. The number of ether oxygens (including phenoxy) is 2. The molecule has 1 amide bonds. The standard InChI is InChI=1S/C15H13ClN2O4/c1-21-10-4-5-12(11(7-10)15(20)22-2)18-14(19)9-3-6-13(16)17-8-9/h3-8H,1-2H3,(H,18,19). The van der Waals surface area contributed by atoms with E-state index >= 15 is 0 Å². The number of rotatable bonds is 4. The molecule has 0 aliphatic heterocycles. The number of carbonyl (C=O) groups excluding carboxylic acids is 2. The lowest BCUT2D eigenvalue weighted by atomic mass is 10.1. The number of aromatic nitrogens is 1. The van der Waals surface area contributed by atoms with Crippen LogP contribution in [-0.2, 0) is 4.74 Å². The fourth-order valence-electron chi connectivity index (χ4n) is 1.74. The molecule has 114 valence electrons. The van der Waals surface area contributed by atoms with Gasteiger partial charge in [0.25, 0.3) is 5.91 Å². The Kier molecular flexibility index (Phi) is 4.95. The zero-order chi connectivity index (χ0) is 16.1. The third-order valence-corrected chi connectivity index (χ3v) is 3.09. The van der Waals surface area contributed by atoms with E-state index in [9.17, 15) is 9.59 Å². The van der Waals surface area contributed by atoms with Gasteiger partial charge in [0.15, 0.2) is 0 Å². The Bertz CT molecular complexity index is 701. The molecule has 2 rings (SSSR count). The van der Waals surface area contributed by atoms with Gasteiger partial charge in [0.05, 0.1) is 31.0 Å². The molecule has 1 aromatic heterocycles. The zero-order valence-electron chi connectivity index (χ0n) is 11.9. The van der Waals surface area contributed by atoms with E-state index in [1.165, 1.54) is 38.6 Å². The molecule has 1 aromatic carbocycles. The molecule has 0 saturated carbocycles. The van der Waals surface area contributed by atoms with Crippen molar-refractivity contribution in [1.29, 1.82) is 0 Å². The lowest BCUT2D eigenvalue weighted by Gasteiger charge is -2.11. The van der Waals surface area contributed by atoms with Crippen LogP contribution in [0.15, 0.2) is 36.5 Å². The highest BCUT2D eigenvalue weighted by Gasteiger charge is 2.16. The van der Waals surface area contributed by atoms with Gasteiger partial charge in [0.2, 0.25) is 0 Å². The van der Waals surface area contributed by atoms with E-state index in [1.54, 1.807) is 12.1 Å². The summed E-state index contributed by atoms with van der Waals surface area (Å²) in [6, 6.07) is 7.72. The number of pyridine rings is 1. The third-order valence-electron chi connectivity index (χ3n) is 2.87. The Morgan fingerprint density at radius 3 is 2.55 bits per heavy atom. The second-order valence-electron chi connectivity index (χ2n) is 4.23. The Hall–Kier alpha value is -2.60. The number of nitrogens with one attached hydrogen (secondary N) is 1. The van der Waals surface area contributed by atoms with Gasteiger partial charge >= 0.3 is 5.97 Å². The summed E-state index contributed by atoms with van der Waals surface area (Å²) in [4.78, 5) is 27.8. The van der Waals surface area contributed by atoms with Gasteiger partial charge in [-0.05, 0) is 30.3 Å². The topological polar surface area (TPSA) is 77.5 Å². The molecule has 6 nitrogen and oxygen atoms in total. The second kappa shape index (κ2) is 6.91. The number of amides is 1. The van der Waals surface area contributed by atoms with E-state index < -0.39 is 11.9 Å². The molecular formula is C15H13ClN2O4. The Morgan fingerprint density at radius 2 is 1.95 bits per heavy atom. The van der Waals surface area contributed by atoms with Crippen LogP contribution in [0.25, 0.3) is 0 Å². The van der Waals surface area contributed by atoms with Gasteiger partial charge < -0.3 is 14.8 Å². The Balaban J connectivity index is 2.30. The molecule has 0 saturated heterocycles. The van der Waals surface area contributed by atoms with Crippen LogP contribution in [0.3, 0.4) is 0 Å². The predicted molar refractivity (Wildman–Crippen MR) is 81.5 cm³/mol. The summed E-state index contributed by atoms with van der Waals surface area (Å²) in [5, 5.41) is 2.92. The van der Waals surface area contributed by atoms with Crippen molar-refractivity contribution in [2.45, 2.75) is 0 Å². The fourth-order valence-corrected chi connectivity index (χ4v) is 1.85. The first kappa shape index (κ1) is 15.8. The molecule has 0 radical (unpaired) electrons. The van der Waals surface area contributed by atoms with Crippen molar-refractivity contribution in [3.05, 3.63) is 52.8 Å². The van der Waals surface area contributed by atoms with Crippen LogP contribution in [0.5, 0.6) is 5.75 Å². The summed E-state index contributed by atoms with van der Waals surface area (Å²) in [6.45, 7) is 0. The normalized spacial score (nSPS) is 9.95. The minimum absolute atomic E-state index is 0.192. The molecule has 0 spiro atoms. The number of anilines is 1. The van der Waals surface area contributed by atoms with Crippen LogP contribution < -0.4 is 10.1 Å². The molecule has 0 aliphatic carbocycles. The van der Waals surface area contributed by atoms with Crippen molar-refractivity contribution in [3.8, 4) is 5.75 Å². The highest BCUT2D eigenvalue weighted by molar-refractivity contribution is 6.29. The zero-order valence-corrected chi connectivity index (χ0v) is 12.7. The van der Waals surface area contributed by atoms with Crippen LogP contribution in [0.4, 0.5) is 5.69 Å². The largest absolute Gasteiger partial charge is 0.497 e. The molecule has 7 heteroatoms. The average Bonchev–Trinajstić information content (AvgIpc) is 2.55. The van der Waals surface area contributed by atoms with E-state index in [0.29, 0.717) is 17.0 Å². The average molecular weight is 321 g/mol. The first-order chi connectivity index (χ1) is 10.5. The van der Waals surface area contributed by atoms with Gasteiger partial charge in [0, 0.05) is 6.20 Å². The number of methoxy groups -OCH3 is 2. The molecule has 0 bridgehead atoms. The number of hydrogen-bond acceptors (Lipinski definition) is 5. The number of nitrogens with zero attached hydrogens (tertiary/aromatic N) is 1. The van der Waals surface area contributed by atoms with Crippen LogP contribution in [0, 0.1) is 0 Å². The van der Waals surface area contributed by atoms with E-state index in [0.717, 1.165) is 0 Å². The summed E-state index contributed by atoms with van der Waals surface area (Å²) in [6.07, 6.45) is 1.35. The van der Waals surface area contributed by atoms with E-state index in [1.807, 2.05) is 0 Å². The van der Waals surface area contributed by atoms with E-state index in [4.69, 9.17) is 21.1 Å². The maximum atomic E-state index is 12.2. The minimum atomic E-state index is -0.580. The summed E-state index contributed by atoms with van der Waals surface area (Å²) >= 11 is 5.68. The van der Waals surface area contributed by atoms with Crippen molar-refractivity contribution in [3.63, 3.8) is 0 Å². The van der Waals surface area contributed by atoms with Gasteiger partial charge in [0.1, 0.15) is 10.9 Å². The molecule has 1 heterocycles. The lowest BCUT2D eigenvalue weighted by Crippen LogP contribution is -2.15. The van der Waals surface area contributed by atoms with Crippen LogP contribution in [0.1, 0.15) is 20.7 Å². The van der Waals surface area contributed by atoms with Crippen LogP contribution in [-0.4, -0.2) is 31.1 Å².